The summed E-state index contributed by atoms with van der Waals surface area (Å²) < 4.78 is 0. The lowest BCUT2D eigenvalue weighted by atomic mass is 10.0. The zero-order valence-corrected chi connectivity index (χ0v) is 6.77. The minimum atomic E-state index is -1.14. The maximum atomic E-state index is 10.9. The largest absolute Gasteiger partial charge is 0.271 e. The lowest BCUT2D eigenvalue weighted by molar-refractivity contribution is -0.120. The summed E-state index contributed by atoms with van der Waals surface area (Å²) in [6.45, 7) is 0. The first-order valence-electron chi connectivity index (χ1n) is 3.90. The number of rotatable bonds is 1. The van der Waals surface area contributed by atoms with Crippen molar-refractivity contribution < 1.29 is 4.79 Å². The number of carbonyl (C=O) groups excluding carboxylic acids is 1. The van der Waals surface area contributed by atoms with Gasteiger partial charge in [-0.2, -0.15) is 5.10 Å². The summed E-state index contributed by atoms with van der Waals surface area (Å²) in [6, 6.07) is 7.97. The molecular weight excluding hydrogens is 166 g/mol. The van der Waals surface area contributed by atoms with Crippen LogP contribution in [-0.4, -0.2) is 17.7 Å². The Balaban J connectivity index is 2.34. The third kappa shape index (κ3) is 1.31. The van der Waals surface area contributed by atoms with E-state index in [0.29, 0.717) is 5.71 Å². The van der Waals surface area contributed by atoms with E-state index in [0.717, 1.165) is 5.56 Å². The topological polar surface area (TPSA) is 63.8 Å². The molecule has 1 unspecified atom stereocenters. The number of nitrogens with one attached hydrogen (secondary N) is 1. The van der Waals surface area contributed by atoms with Crippen molar-refractivity contribution in [3.63, 3.8) is 0 Å². The minimum Gasteiger partial charge on any atom is -0.271 e. The molecule has 2 rings (SSSR count). The van der Waals surface area contributed by atoms with Crippen molar-refractivity contribution in [2.24, 2.45) is 5.10 Å². The first kappa shape index (κ1) is 7.94. The molecule has 64 valence electrons. The molecule has 0 spiro atoms. The predicted molar refractivity (Wildman–Crippen MR) is 47.0 cm³/mol. The van der Waals surface area contributed by atoms with Crippen molar-refractivity contribution in [1.29, 1.82) is 0 Å². The maximum absolute atomic E-state index is 10.9. The first-order chi connectivity index (χ1) is 6.29. The number of amides is 1. The van der Waals surface area contributed by atoms with Crippen LogP contribution >= 0.6 is 0 Å². The normalized spacial score (nSPS) is 21.2. The van der Waals surface area contributed by atoms with Gasteiger partial charge in [0.05, 0.1) is 5.71 Å². The van der Waals surface area contributed by atoms with Gasteiger partial charge in [0.2, 0.25) is 0 Å². The Labute approximate surface area is 75.4 Å². The SMILES string of the molecule is [N]C1C(=O)NN=C1c1ccccc1. The predicted octanol–water partition coefficient (Wildman–Crippen LogP) is -0.0422. The van der Waals surface area contributed by atoms with Crippen LogP contribution in [0.4, 0.5) is 0 Å². The van der Waals surface area contributed by atoms with Gasteiger partial charge in [0.15, 0.2) is 6.04 Å². The number of nitrogens with zero attached hydrogens (tertiary/aromatic N) is 2. The lowest BCUT2D eigenvalue weighted by Gasteiger charge is -2.00. The van der Waals surface area contributed by atoms with Gasteiger partial charge in [0, 0.05) is 5.56 Å². The average Bonchev–Trinajstić information content (AvgIpc) is 2.49. The molecule has 1 aliphatic rings. The number of hydrogen-bond acceptors (Lipinski definition) is 2. The molecule has 4 nitrogen and oxygen atoms in total. The van der Waals surface area contributed by atoms with E-state index in [1.807, 2.05) is 18.2 Å². The molecule has 0 saturated heterocycles. The number of hydrogen-bond donors (Lipinski definition) is 1. The van der Waals surface area contributed by atoms with E-state index in [4.69, 9.17) is 0 Å². The highest BCUT2D eigenvalue weighted by atomic mass is 16.2. The van der Waals surface area contributed by atoms with E-state index in [1.54, 1.807) is 12.1 Å². The van der Waals surface area contributed by atoms with Gasteiger partial charge in [-0.15, -0.1) is 5.73 Å². The van der Waals surface area contributed by atoms with Crippen molar-refractivity contribution >= 4 is 11.6 Å². The molecule has 1 amide bonds. The highest BCUT2D eigenvalue weighted by molar-refractivity contribution is 6.19. The molecule has 1 N–H and O–H groups in total. The summed E-state index contributed by atoms with van der Waals surface area (Å²) in [5.74, 6) is -0.473. The Morgan fingerprint density at radius 2 is 2.00 bits per heavy atom. The van der Waals surface area contributed by atoms with Crippen LogP contribution in [0.3, 0.4) is 0 Å². The molecule has 1 aromatic carbocycles. The zero-order valence-electron chi connectivity index (χ0n) is 6.77. The minimum absolute atomic E-state index is 0.380. The standard InChI is InChI=1S/C9H7N3O/c10-7-8(11-12-9(7)13)6-4-2-1-3-5-6/h1-5,7H,(H,12,13). The van der Waals surface area contributed by atoms with Gasteiger partial charge in [0.25, 0.3) is 5.91 Å². The molecule has 0 aliphatic carbocycles. The van der Waals surface area contributed by atoms with Crippen LogP contribution < -0.4 is 11.2 Å². The molecule has 2 radical (unpaired) electrons. The molecule has 0 aromatic heterocycles. The molecule has 0 bridgehead atoms. The first-order valence-corrected chi connectivity index (χ1v) is 3.90. The van der Waals surface area contributed by atoms with Gasteiger partial charge >= 0.3 is 0 Å². The molecule has 0 saturated carbocycles. The number of hydrazone groups is 1. The maximum Gasteiger partial charge on any atom is 0.266 e. The number of carbonyl (C=O) groups is 1. The second kappa shape index (κ2) is 2.99. The summed E-state index contributed by atoms with van der Waals surface area (Å²) in [5, 5.41) is 3.74. The molecular formula is C9H7N3O. The van der Waals surface area contributed by atoms with Crippen molar-refractivity contribution in [2.75, 3.05) is 0 Å². The Morgan fingerprint density at radius 3 is 2.54 bits per heavy atom. The van der Waals surface area contributed by atoms with Gasteiger partial charge in [-0.1, -0.05) is 30.3 Å². The highest BCUT2D eigenvalue weighted by Gasteiger charge is 2.28. The summed E-state index contributed by atoms with van der Waals surface area (Å²) in [5.41, 5.74) is 12.7. The van der Waals surface area contributed by atoms with Crippen LogP contribution in [0, 0.1) is 0 Å². The molecule has 1 heterocycles. The van der Waals surface area contributed by atoms with E-state index < -0.39 is 11.9 Å². The van der Waals surface area contributed by atoms with Gasteiger partial charge < -0.3 is 0 Å². The summed E-state index contributed by atoms with van der Waals surface area (Å²) >= 11 is 0. The molecule has 1 aliphatic heterocycles. The second-order valence-electron chi connectivity index (χ2n) is 2.74. The van der Waals surface area contributed by atoms with Gasteiger partial charge in [-0.3, -0.25) is 4.79 Å². The van der Waals surface area contributed by atoms with E-state index >= 15 is 0 Å². The van der Waals surface area contributed by atoms with Crippen LogP contribution in [0.1, 0.15) is 5.56 Å². The van der Waals surface area contributed by atoms with E-state index in [9.17, 15) is 10.5 Å². The Hall–Kier alpha value is -1.68. The number of benzene rings is 1. The highest BCUT2D eigenvalue weighted by Crippen LogP contribution is 2.07. The zero-order chi connectivity index (χ0) is 9.26. The molecule has 0 fully saturated rings. The molecule has 1 aromatic rings. The quantitative estimate of drug-likeness (QED) is 0.636. The van der Waals surface area contributed by atoms with E-state index in [2.05, 4.69) is 10.5 Å². The van der Waals surface area contributed by atoms with Crippen LogP contribution in [0.5, 0.6) is 0 Å². The van der Waals surface area contributed by atoms with Crippen molar-refractivity contribution in [3.8, 4) is 0 Å². The third-order valence-electron chi connectivity index (χ3n) is 1.86. The van der Waals surface area contributed by atoms with Crippen LogP contribution in [0.15, 0.2) is 35.4 Å². The van der Waals surface area contributed by atoms with Crippen LogP contribution in [0.2, 0.25) is 0 Å². The Kier molecular flexibility index (Phi) is 1.83. The average molecular weight is 173 g/mol. The summed E-state index contributed by atoms with van der Waals surface area (Å²) in [7, 11) is 0. The lowest BCUT2D eigenvalue weighted by Crippen LogP contribution is -2.30. The van der Waals surface area contributed by atoms with E-state index in [1.165, 1.54) is 0 Å². The van der Waals surface area contributed by atoms with Gasteiger partial charge in [-0.05, 0) is 0 Å². The van der Waals surface area contributed by atoms with Crippen molar-refractivity contribution in [2.45, 2.75) is 6.04 Å². The summed E-state index contributed by atoms with van der Waals surface area (Å²) in [4.78, 5) is 10.9. The molecule has 4 heteroatoms. The van der Waals surface area contributed by atoms with Crippen molar-refractivity contribution in [3.05, 3.63) is 35.9 Å². The Bertz CT molecular complexity index is 358. The fourth-order valence-corrected chi connectivity index (χ4v) is 1.19. The molecule has 1 atom stereocenters. The Morgan fingerprint density at radius 1 is 1.31 bits per heavy atom. The van der Waals surface area contributed by atoms with Crippen LogP contribution in [0.25, 0.3) is 0 Å². The summed E-state index contributed by atoms with van der Waals surface area (Å²) in [6.07, 6.45) is 0. The van der Waals surface area contributed by atoms with Gasteiger partial charge in [-0.25, -0.2) is 5.43 Å². The van der Waals surface area contributed by atoms with Crippen LogP contribution in [-0.2, 0) is 4.79 Å². The smallest absolute Gasteiger partial charge is 0.266 e. The van der Waals surface area contributed by atoms with Gasteiger partial charge in [0.1, 0.15) is 0 Å². The third-order valence-corrected chi connectivity index (χ3v) is 1.86. The fraction of sp³-hybridized carbons (Fsp3) is 0.111. The second-order valence-corrected chi connectivity index (χ2v) is 2.74. The van der Waals surface area contributed by atoms with Crippen molar-refractivity contribution in [1.82, 2.24) is 11.2 Å². The van der Waals surface area contributed by atoms with E-state index in [-0.39, 0.29) is 0 Å². The molecule has 13 heavy (non-hydrogen) atoms. The monoisotopic (exact) mass is 173 g/mol. The fourth-order valence-electron chi connectivity index (χ4n) is 1.19.